The molecule has 0 bridgehead atoms. The molecule has 0 aliphatic heterocycles. The molecule has 0 saturated carbocycles. The number of benzene rings is 1. The topological polar surface area (TPSA) is 106 Å². The molecule has 8 nitrogen and oxygen atoms in total. The Balaban J connectivity index is 2.14. The lowest BCUT2D eigenvalue weighted by Gasteiger charge is -2.11. The normalized spacial score (nSPS) is 11.2. The first-order valence-electron chi connectivity index (χ1n) is 9.29. The fourth-order valence-electron chi connectivity index (χ4n) is 2.76. The van der Waals surface area contributed by atoms with Crippen molar-refractivity contribution in [3.05, 3.63) is 74.7 Å². The number of rotatable bonds is 7. The van der Waals surface area contributed by atoms with E-state index in [1.54, 1.807) is 36.5 Å². The Kier molecular flexibility index (Phi) is 7.03. The van der Waals surface area contributed by atoms with Crippen molar-refractivity contribution >= 4 is 29.2 Å². The molecule has 31 heavy (non-hydrogen) atoms. The molecule has 1 N–H and O–H groups in total. The molecule has 0 fully saturated rings. The molecule has 158 valence electrons. The number of methoxy groups -OCH3 is 1. The van der Waals surface area contributed by atoms with Gasteiger partial charge in [0.15, 0.2) is 0 Å². The Morgan fingerprint density at radius 3 is 2.74 bits per heavy atom. The molecule has 1 aromatic carbocycles. The molecule has 0 aliphatic rings. The number of nitrogens with one attached hydrogen (secondary N) is 1. The molecule has 2 heterocycles. The van der Waals surface area contributed by atoms with Crippen LogP contribution in [-0.2, 0) is 9.53 Å². The van der Waals surface area contributed by atoms with Gasteiger partial charge in [-0.15, -0.1) is 0 Å². The lowest BCUT2D eigenvalue weighted by atomic mass is 10.1. The van der Waals surface area contributed by atoms with E-state index in [1.807, 2.05) is 19.1 Å². The molecule has 0 atom stereocenters. The molecule has 9 heteroatoms. The standard InChI is InChI=1S/C22H19ClN4O4/c1-14-4-3-10-27-19(14)26-21(31-17-7-5-16(23)6-8-17)18(22(27)29)12-15(13-24)20(28)25-9-11-30-2/h3-8,10,12H,9,11H2,1-2H3,(H,25,28). The molecule has 3 aromatic rings. The van der Waals surface area contributed by atoms with E-state index >= 15 is 0 Å². The summed E-state index contributed by atoms with van der Waals surface area (Å²) in [5, 5.41) is 12.6. The second-order valence-electron chi connectivity index (χ2n) is 6.50. The van der Waals surface area contributed by atoms with Gasteiger partial charge >= 0.3 is 0 Å². The van der Waals surface area contributed by atoms with Gasteiger partial charge in [-0.05, 0) is 48.9 Å². The highest BCUT2D eigenvalue weighted by atomic mass is 35.5. The Morgan fingerprint density at radius 2 is 2.06 bits per heavy atom. The minimum absolute atomic E-state index is 0.0286. The van der Waals surface area contributed by atoms with Crippen LogP contribution in [0.15, 0.2) is 53.0 Å². The third-order valence-electron chi connectivity index (χ3n) is 4.32. The van der Waals surface area contributed by atoms with Crippen LogP contribution in [0.25, 0.3) is 11.7 Å². The Bertz CT molecular complexity index is 1240. The third kappa shape index (κ3) is 5.09. The van der Waals surface area contributed by atoms with Crippen molar-refractivity contribution in [2.75, 3.05) is 20.3 Å². The van der Waals surface area contributed by atoms with Crippen LogP contribution in [0.4, 0.5) is 0 Å². The zero-order valence-electron chi connectivity index (χ0n) is 16.9. The van der Waals surface area contributed by atoms with E-state index in [9.17, 15) is 14.9 Å². The highest BCUT2D eigenvalue weighted by Gasteiger charge is 2.18. The summed E-state index contributed by atoms with van der Waals surface area (Å²) < 4.78 is 12.1. The van der Waals surface area contributed by atoms with E-state index in [-0.39, 0.29) is 30.2 Å². The van der Waals surface area contributed by atoms with Crippen LogP contribution in [0.5, 0.6) is 11.6 Å². The van der Waals surface area contributed by atoms with Crippen LogP contribution >= 0.6 is 11.6 Å². The summed E-state index contributed by atoms with van der Waals surface area (Å²) in [6, 6.07) is 11.9. The van der Waals surface area contributed by atoms with Crippen LogP contribution in [0.3, 0.4) is 0 Å². The van der Waals surface area contributed by atoms with Crippen molar-refractivity contribution in [3.63, 3.8) is 0 Å². The summed E-state index contributed by atoms with van der Waals surface area (Å²) in [6.07, 6.45) is 2.74. The highest BCUT2D eigenvalue weighted by molar-refractivity contribution is 6.30. The first kappa shape index (κ1) is 22.0. The van der Waals surface area contributed by atoms with Crippen LogP contribution < -0.4 is 15.6 Å². The molecule has 0 saturated heterocycles. The predicted molar refractivity (Wildman–Crippen MR) is 116 cm³/mol. The smallest absolute Gasteiger partial charge is 0.269 e. The molecule has 3 rings (SSSR count). The van der Waals surface area contributed by atoms with Crippen molar-refractivity contribution in [2.45, 2.75) is 6.92 Å². The summed E-state index contributed by atoms with van der Waals surface area (Å²) in [4.78, 5) is 30.0. The number of ether oxygens (including phenoxy) is 2. The molecule has 0 unspecified atom stereocenters. The maximum Gasteiger partial charge on any atom is 0.269 e. The van der Waals surface area contributed by atoms with Gasteiger partial charge in [-0.3, -0.25) is 14.0 Å². The number of amides is 1. The van der Waals surface area contributed by atoms with Crippen LogP contribution in [-0.4, -0.2) is 35.6 Å². The molecular weight excluding hydrogens is 420 g/mol. The predicted octanol–water partition coefficient (Wildman–Crippen LogP) is 3.12. The van der Waals surface area contributed by atoms with Gasteiger partial charge in [0.2, 0.25) is 5.88 Å². The fourth-order valence-corrected chi connectivity index (χ4v) is 2.89. The van der Waals surface area contributed by atoms with Crippen molar-refractivity contribution < 1.29 is 14.3 Å². The van der Waals surface area contributed by atoms with Gasteiger partial charge in [-0.25, -0.2) is 0 Å². The quantitative estimate of drug-likeness (QED) is 0.345. The molecule has 0 radical (unpaired) electrons. The van der Waals surface area contributed by atoms with Gasteiger partial charge in [0.25, 0.3) is 11.5 Å². The SMILES string of the molecule is COCCNC(=O)C(C#N)=Cc1c(Oc2ccc(Cl)cc2)nc2c(C)cccn2c1=O. The minimum atomic E-state index is -0.634. The molecular formula is C22H19ClN4O4. The average Bonchev–Trinajstić information content (AvgIpc) is 2.76. The first-order chi connectivity index (χ1) is 14.9. The van der Waals surface area contributed by atoms with E-state index in [0.717, 1.165) is 5.56 Å². The number of pyridine rings is 1. The Morgan fingerprint density at radius 1 is 1.32 bits per heavy atom. The molecule has 1 amide bonds. The largest absolute Gasteiger partial charge is 0.438 e. The number of aromatic nitrogens is 2. The van der Waals surface area contributed by atoms with E-state index < -0.39 is 11.5 Å². The number of nitrogens with zero attached hydrogens (tertiary/aromatic N) is 3. The fraction of sp³-hybridized carbons (Fsp3) is 0.182. The van der Waals surface area contributed by atoms with Gasteiger partial charge in [0, 0.05) is 24.9 Å². The van der Waals surface area contributed by atoms with Gasteiger partial charge in [0.05, 0.1) is 6.61 Å². The lowest BCUT2D eigenvalue weighted by Crippen LogP contribution is -2.28. The van der Waals surface area contributed by atoms with Gasteiger partial charge in [-0.1, -0.05) is 17.7 Å². The van der Waals surface area contributed by atoms with Crippen LogP contribution in [0.1, 0.15) is 11.1 Å². The Labute approximate surface area is 183 Å². The summed E-state index contributed by atoms with van der Waals surface area (Å²) in [7, 11) is 1.50. The average molecular weight is 439 g/mol. The summed E-state index contributed by atoms with van der Waals surface area (Å²) in [6.45, 7) is 2.32. The van der Waals surface area contributed by atoms with Crippen LogP contribution in [0.2, 0.25) is 5.02 Å². The molecule has 0 spiro atoms. The summed E-state index contributed by atoms with van der Waals surface area (Å²) >= 11 is 5.92. The number of nitriles is 1. The number of hydrogen-bond donors (Lipinski definition) is 1. The van der Waals surface area contributed by atoms with Crippen molar-refractivity contribution in [2.24, 2.45) is 0 Å². The van der Waals surface area contributed by atoms with E-state index in [2.05, 4.69) is 10.3 Å². The number of carbonyl (C=O) groups is 1. The van der Waals surface area contributed by atoms with E-state index in [4.69, 9.17) is 21.1 Å². The molecule has 2 aromatic heterocycles. The number of aryl methyl sites for hydroxylation is 1. The zero-order valence-corrected chi connectivity index (χ0v) is 17.6. The second kappa shape index (κ2) is 9.89. The van der Waals surface area contributed by atoms with Gasteiger partial charge < -0.3 is 14.8 Å². The van der Waals surface area contributed by atoms with Crippen molar-refractivity contribution in [1.82, 2.24) is 14.7 Å². The highest BCUT2D eigenvalue weighted by Crippen LogP contribution is 2.25. The first-order valence-corrected chi connectivity index (χ1v) is 9.66. The maximum absolute atomic E-state index is 13.2. The van der Waals surface area contributed by atoms with Crippen molar-refractivity contribution in [1.29, 1.82) is 5.26 Å². The molecule has 0 aliphatic carbocycles. The summed E-state index contributed by atoms with van der Waals surface area (Å²) in [5.41, 5.74) is 0.390. The van der Waals surface area contributed by atoms with Crippen LogP contribution in [0, 0.1) is 18.3 Å². The monoisotopic (exact) mass is 438 g/mol. The summed E-state index contributed by atoms with van der Waals surface area (Å²) in [5.74, 6) is -0.267. The number of halogens is 1. The number of fused-ring (bicyclic) bond motifs is 1. The second-order valence-corrected chi connectivity index (χ2v) is 6.93. The Hall–Kier alpha value is -3.67. The van der Waals surface area contributed by atoms with E-state index in [1.165, 1.54) is 17.6 Å². The van der Waals surface area contributed by atoms with Gasteiger partial charge in [-0.2, -0.15) is 10.2 Å². The van der Waals surface area contributed by atoms with E-state index in [0.29, 0.717) is 16.4 Å². The minimum Gasteiger partial charge on any atom is -0.438 e. The van der Waals surface area contributed by atoms with Gasteiger partial charge in [0.1, 0.15) is 28.6 Å². The lowest BCUT2D eigenvalue weighted by molar-refractivity contribution is -0.117. The number of hydrogen-bond acceptors (Lipinski definition) is 6. The van der Waals surface area contributed by atoms with Crippen molar-refractivity contribution in [3.8, 4) is 17.7 Å². The third-order valence-corrected chi connectivity index (χ3v) is 4.57. The maximum atomic E-state index is 13.2. The zero-order chi connectivity index (χ0) is 22.4. The number of carbonyl (C=O) groups excluding carboxylic acids is 1.